The van der Waals surface area contributed by atoms with Gasteiger partial charge in [0.1, 0.15) is 0 Å². The van der Waals surface area contributed by atoms with Crippen LogP contribution in [0.25, 0.3) is 0 Å². The van der Waals surface area contributed by atoms with Crippen molar-refractivity contribution in [2.75, 3.05) is 66.5 Å². The third-order valence-corrected chi connectivity index (χ3v) is 3.45. The zero-order chi connectivity index (χ0) is 14.1. The fourth-order valence-electron chi connectivity index (χ4n) is 2.30. The lowest BCUT2D eigenvalue weighted by atomic mass is 10.3. The maximum atomic E-state index is 12.4. The molecule has 112 valence electrons. The van der Waals surface area contributed by atoms with Gasteiger partial charge in [0, 0.05) is 32.7 Å². The van der Waals surface area contributed by atoms with Crippen molar-refractivity contribution in [3.05, 3.63) is 0 Å². The molecule has 1 N–H and O–H groups in total. The van der Waals surface area contributed by atoms with Gasteiger partial charge in [0.25, 0.3) is 0 Å². The van der Waals surface area contributed by atoms with Crippen molar-refractivity contribution < 1.29 is 4.79 Å². The molecule has 19 heavy (non-hydrogen) atoms. The Morgan fingerprint density at radius 3 is 2.63 bits per heavy atom. The molecule has 0 aromatic carbocycles. The van der Waals surface area contributed by atoms with E-state index < -0.39 is 0 Å². The highest BCUT2D eigenvalue weighted by Gasteiger charge is 2.17. The molecule has 0 aromatic heterocycles. The standard InChI is InChI=1S/C14H30N4O/c1-4-8-18(12-11-16(2)3)14(19)13-17-9-5-6-15-7-10-17/h15H,4-13H2,1-3H3. The lowest BCUT2D eigenvalue weighted by molar-refractivity contribution is -0.132. The van der Waals surface area contributed by atoms with Crippen LogP contribution in [-0.2, 0) is 4.79 Å². The number of carbonyl (C=O) groups is 1. The maximum absolute atomic E-state index is 12.4. The highest BCUT2D eigenvalue weighted by molar-refractivity contribution is 5.78. The number of nitrogens with one attached hydrogen (secondary N) is 1. The summed E-state index contributed by atoms with van der Waals surface area (Å²) >= 11 is 0. The van der Waals surface area contributed by atoms with Crippen LogP contribution in [-0.4, -0.2) is 87.1 Å². The number of amides is 1. The number of hydrogen-bond donors (Lipinski definition) is 1. The molecule has 0 unspecified atom stereocenters. The van der Waals surface area contributed by atoms with Crippen molar-refractivity contribution in [1.29, 1.82) is 0 Å². The van der Waals surface area contributed by atoms with Crippen LogP contribution in [0.2, 0.25) is 0 Å². The van der Waals surface area contributed by atoms with Gasteiger partial charge >= 0.3 is 0 Å². The molecular formula is C14H30N4O. The Hall–Kier alpha value is -0.650. The average molecular weight is 270 g/mol. The van der Waals surface area contributed by atoms with E-state index >= 15 is 0 Å². The minimum atomic E-state index is 0.283. The molecule has 0 atom stereocenters. The van der Waals surface area contributed by atoms with E-state index in [0.717, 1.165) is 58.7 Å². The first kappa shape index (κ1) is 16.4. The molecule has 0 bridgehead atoms. The number of nitrogens with zero attached hydrogens (tertiary/aromatic N) is 3. The highest BCUT2D eigenvalue weighted by Crippen LogP contribution is 2.00. The summed E-state index contributed by atoms with van der Waals surface area (Å²) in [7, 11) is 4.10. The van der Waals surface area contributed by atoms with Crippen molar-refractivity contribution in [2.24, 2.45) is 0 Å². The molecule has 1 aliphatic rings. The van der Waals surface area contributed by atoms with Gasteiger partial charge in [0.15, 0.2) is 0 Å². The van der Waals surface area contributed by atoms with Gasteiger partial charge in [-0.05, 0) is 40.0 Å². The van der Waals surface area contributed by atoms with Crippen molar-refractivity contribution >= 4 is 5.91 Å². The largest absolute Gasteiger partial charge is 0.340 e. The molecule has 1 amide bonds. The van der Waals surface area contributed by atoms with Crippen LogP contribution < -0.4 is 5.32 Å². The van der Waals surface area contributed by atoms with Crippen LogP contribution in [0.1, 0.15) is 19.8 Å². The molecule has 1 heterocycles. The molecule has 0 aromatic rings. The van der Waals surface area contributed by atoms with Gasteiger partial charge in [-0.15, -0.1) is 0 Å². The molecule has 5 heteroatoms. The molecule has 1 rings (SSSR count). The molecule has 0 radical (unpaired) electrons. The zero-order valence-electron chi connectivity index (χ0n) is 12.8. The first-order valence-corrected chi connectivity index (χ1v) is 7.49. The van der Waals surface area contributed by atoms with Crippen LogP contribution >= 0.6 is 0 Å². The third-order valence-electron chi connectivity index (χ3n) is 3.45. The van der Waals surface area contributed by atoms with Crippen LogP contribution in [0.15, 0.2) is 0 Å². The first-order chi connectivity index (χ1) is 9.13. The Kier molecular flexibility index (Phi) is 8.02. The van der Waals surface area contributed by atoms with Gasteiger partial charge in [-0.25, -0.2) is 0 Å². The van der Waals surface area contributed by atoms with Crippen molar-refractivity contribution in [2.45, 2.75) is 19.8 Å². The number of hydrogen-bond acceptors (Lipinski definition) is 4. The van der Waals surface area contributed by atoms with Gasteiger partial charge in [0.05, 0.1) is 6.54 Å². The topological polar surface area (TPSA) is 38.8 Å². The van der Waals surface area contributed by atoms with E-state index in [1.54, 1.807) is 0 Å². The van der Waals surface area contributed by atoms with E-state index in [1.165, 1.54) is 0 Å². The van der Waals surface area contributed by atoms with Crippen molar-refractivity contribution in [1.82, 2.24) is 20.0 Å². The highest BCUT2D eigenvalue weighted by atomic mass is 16.2. The fraction of sp³-hybridized carbons (Fsp3) is 0.929. The van der Waals surface area contributed by atoms with Crippen molar-refractivity contribution in [3.63, 3.8) is 0 Å². The monoisotopic (exact) mass is 270 g/mol. The second kappa shape index (κ2) is 9.28. The molecule has 1 fully saturated rings. The van der Waals surface area contributed by atoms with Gasteiger partial charge in [-0.2, -0.15) is 0 Å². The van der Waals surface area contributed by atoms with Gasteiger partial charge in [-0.1, -0.05) is 6.92 Å². The maximum Gasteiger partial charge on any atom is 0.236 e. The minimum Gasteiger partial charge on any atom is -0.340 e. The summed E-state index contributed by atoms with van der Waals surface area (Å²) in [6.07, 6.45) is 2.17. The second-order valence-electron chi connectivity index (χ2n) is 5.56. The zero-order valence-corrected chi connectivity index (χ0v) is 12.8. The van der Waals surface area contributed by atoms with E-state index in [0.29, 0.717) is 6.54 Å². The molecule has 0 aliphatic carbocycles. The van der Waals surface area contributed by atoms with Crippen LogP contribution in [0.4, 0.5) is 0 Å². The molecule has 1 saturated heterocycles. The van der Waals surface area contributed by atoms with E-state index in [9.17, 15) is 4.79 Å². The second-order valence-corrected chi connectivity index (χ2v) is 5.56. The van der Waals surface area contributed by atoms with Crippen LogP contribution in [0.5, 0.6) is 0 Å². The van der Waals surface area contributed by atoms with Crippen LogP contribution in [0, 0.1) is 0 Å². The molecule has 0 spiro atoms. The Morgan fingerprint density at radius 2 is 1.95 bits per heavy atom. The first-order valence-electron chi connectivity index (χ1n) is 7.49. The van der Waals surface area contributed by atoms with E-state index in [1.807, 2.05) is 4.90 Å². The van der Waals surface area contributed by atoms with E-state index in [2.05, 4.69) is 36.1 Å². The summed E-state index contributed by atoms with van der Waals surface area (Å²) in [6.45, 7) is 9.45. The number of rotatable bonds is 7. The van der Waals surface area contributed by atoms with E-state index in [-0.39, 0.29) is 5.91 Å². The van der Waals surface area contributed by atoms with E-state index in [4.69, 9.17) is 0 Å². The normalized spacial score (nSPS) is 17.5. The predicted molar refractivity (Wildman–Crippen MR) is 79.4 cm³/mol. The quantitative estimate of drug-likeness (QED) is 0.711. The Bertz CT molecular complexity index is 250. The SMILES string of the molecule is CCCN(CCN(C)C)C(=O)CN1CCCNCC1. The third kappa shape index (κ3) is 6.89. The Balaban J connectivity index is 2.40. The summed E-state index contributed by atoms with van der Waals surface area (Å²) in [5.74, 6) is 0.283. The van der Waals surface area contributed by atoms with Gasteiger partial charge in [-0.3, -0.25) is 9.69 Å². The predicted octanol–water partition coefficient (Wildman–Crippen LogP) is 0.0819. The van der Waals surface area contributed by atoms with Gasteiger partial charge in [0.2, 0.25) is 5.91 Å². The summed E-state index contributed by atoms with van der Waals surface area (Å²) in [5.41, 5.74) is 0. The molecular weight excluding hydrogens is 240 g/mol. The minimum absolute atomic E-state index is 0.283. The smallest absolute Gasteiger partial charge is 0.236 e. The Labute approximate surface area is 117 Å². The summed E-state index contributed by atoms with van der Waals surface area (Å²) in [5, 5.41) is 3.37. The van der Waals surface area contributed by atoms with Crippen LogP contribution in [0.3, 0.4) is 0 Å². The fourth-order valence-corrected chi connectivity index (χ4v) is 2.30. The molecule has 0 saturated carbocycles. The average Bonchev–Trinajstić information content (AvgIpc) is 2.62. The van der Waals surface area contributed by atoms with Gasteiger partial charge < -0.3 is 15.1 Å². The Morgan fingerprint density at radius 1 is 1.16 bits per heavy atom. The lowest BCUT2D eigenvalue weighted by Crippen LogP contribution is -2.44. The molecule has 1 aliphatic heterocycles. The summed E-state index contributed by atoms with van der Waals surface area (Å²) in [6, 6.07) is 0. The number of carbonyl (C=O) groups excluding carboxylic acids is 1. The van der Waals surface area contributed by atoms with Crippen molar-refractivity contribution in [3.8, 4) is 0 Å². The number of likely N-dealkylation sites (N-methyl/N-ethyl adjacent to an activating group) is 1. The summed E-state index contributed by atoms with van der Waals surface area (Å²) in [4.78, 5) is 18.8. The lowest BCUT2D eigenvalue weighted by Gasteiger charge is -2.27. The summed E-state index contributed by atoms with van der Waals surface area (Å²) < 4.78 is 0. The molecule has 5 nitrogen and oxygen atoms in total.